The molecule has 1 aliphatic carbocycles. The van der Waals surface area contributed by atoms with Crippen LogP contribution in [0.4, 0.5) is 0 Å². The first kappa shape index (κ1) is 12.4. The van der Waals surface area contributed by atoms with E-state index >= 15 is 0 Å². The summed E-state index contributed by atoms with van der Waals surface area (Å²) in [5.74, 6) is 2.55. The summed E-state index contributed by atoms with van der Waals surface area (Å²) in [4.78, 5) is 2.74. The second-order valence-electron chi connectivity index (χ2n) is 6.31. The number of rotatable bonds is 5. The summed E-state index contributed by atoms with van der Waals surface area (Å²) in [5, 5.41) is 0. The Morgan fingerprint density at radius 3 is 2.56 bits per heavy atom. The molecule has 1 saturated heterocycles. The highest BCUT2D eigenvalue weighted by molar-refractivity contribution is 4.86. The quantitative estimate of drug-likeness (QED) is 0.713. The normalized spacial score (nSPS) is 34.7. The van der Waals surface area contributed by atoms with Crippen molar-refractivity contribution < 1.29 is 4.74 Å². The van der Waals surface area contributed by atoms with Crippen LogP contribution in [0.1, 0.15) is 40.0 Å². The van der Waals surface area contributed by atoms with Crippen LogP contribution in [0.5, 0.6) is 0 Å². The Bertz CT molecular complexity index is 205. The van der Waals surface area contributed by atoms with E-state index in [1.54, 1.807) is 0 Å². The lowest BCUT2D eigenvalue weighted by molar-refractivity contribution is 0.0583. The van der Waals surface area contributed by atoms with Gasteiger partial charge >= 0.3 is 0 Å². The molecule has 16 heavy (non-hydrogen) atoms. The summed E-state index contributed by atoms with van der Waals surface area (Å²) in [6, 6.07) is 0.873. The Balaban J connectivity index is 1.81. The zero-order valence-electron chi connectivity index (χ0n) is 11.1. The summed E-state index contributed by atoms with van der Waals surface area (Å²) >= 11 is 0. The summed E-state index contributed by atoms with van der Waals surface area (Å²) in [5.41, 5.74) is 0. The Labute approximate surface area is 100 Å². The van der Waals surface area contributed by atoms with Crippen molar-refractivity contribution in [1.82, 2.24) is 4.90 Å². The van der Waals surface area contributed by atoms with Crippen molar-refractivity contribution in [3.63, 3.8) is 0 Å². The molecule has 1 aliphatic heterocycles. The standard InChI is InChI=1S/C14H27NO/c1-11(2)8-15(14-6-12(3)7-14)9-13-4-5-16-10-13/h11-14H,4-10H2,1-3H3/t12-,13?,14-. The predicted molar refractivity (Wildman–Crippen MR) is 67.5 cm³/mol. The topological polar surface area (TPSA) is 12.5 Å². The van der Waals surface area contributed by atoms with Crippen LogP contribution in [-0.2, 0) is 4.74 Å². The highest BCUT2D eigenvalue weighted by Gasteiger charge is 2.32. The van der Waals surface area contributed by atoms with Gasteiger partial charge in [-0.15, -0.1) is 0 Å². The van der Waals surface area contributed by atoms with Crippen molar-refractivity contribution >= 4 is 0 Å². The van der Waals surface area contributed by atoms with Crippen molar-refractivity contribution in [1.29, 1.82) is 0 Å². The minimum Gasteiger partial charge on any atom is -0.381 e. The van der Waals surface area contributed by atoms with Gasteiger partial charge in [-0.3, -0.25) is 4.90 Å². The van der Waals surface area contributed by atoms with Crippen molar-refractivity contribution in [3.05, 3.63) is 0 Å². The van der Waals surface area contributed by atoms with Crippen LogP contribution in [0.15, 0.2) is 0 Å². The van der Waals surface area contributed by atoms with E-state index < -0.39 is 0 Å². The molecule has 0 aromatic carbocycles. The first-order chi connectivity index (χ1) is 7.65. The molecule has 1 atom stereocenters. The van der Waals surface area contributed by atoms with E-state index in [2.05, 4.69) is 25.7 Å². The lowest BCUT2D eigenvalue weighted by atomic mass is 9.80. The second kappa shape index (κ2) is 5.50. The monoisotopic (exact) mass is 225 g/mol. The maximum Gasteiger partial charge on any atom is 0.0507 e. The van der Waals surface area contributed by atoms with E-state index in [4.69, 9.17) is 4.74 Å². The first-order valence-corrected chi connectivity index (χ1v) is 6.97. The van der Waals surface area contributed by atoms with E-state index in [-0.39, 0.29) is 0 Å². The van der Waals surface area contributed by atoms with Crippen LogP contribution < -0.4 is 0 Å². The average Bonchev–Trinajstić information content (AvgIpc) is 2.64. The lowest BCUT2D eigenvalue weighted by Gasteiger charge is -2.43. The molecule has 0 spiro atoms. The molecule has 0 amide bonds. The number of ether oxygens (including phenoxy) is 1. The predicted octanol–water partition coefficient (Wildman–Crippen LogP) is 2.78. The molecule has 2 aliphatic rings. The van der Waals surface area contributed by atoms with Crippen molar-refractivity contribution in [3.8, 4) is 0 Å². The zero-order chi connectivity index (χ0) is 11.5. The van der Waals surface area contributed by atoms with Crippen LogP contribution in [0.25, 0.3) is 0 Å². The molecule has 0 aromatic heterocycles. The van der Waals surface area contributed by atoms with Gasteiger partial charge in [0.25, 0.3) is 0 Å². The van der Waals surface area contributed by atoms with Crippen molar-refractivity contribution in [2.24, 2.45) is 17.8 Å². The van der Waals surface area contributed by atoms with E-state index in [0.717, 1.165) is 37.0 Å². The lowest BCUT2D eigenvalue weighted by Crippen LogP contribution is -2.47. The van der Waals surface area contributed by atoms with Gasteiger partial charge in [0.05, 0.1) is 6.61 Å². The molecule has 94 valence electrons. The first-order valence-electron chi connectivity index (χ1n) is 6.97. The molecule has 1 heterocycles. The smallest absolute Gasteiger partial charge is 0.0507 e. The van der Waals surface area contributed by atoms with Gasteiger partial charge in [0.1, 0.15) is 0 Å². The fraction of sp³-hybridized carbons (Fsp3) is 1.00. The van der Waals surface area contributed by atoms with E-state index in [9.17, 15) is 0 Å². The Morgan fingerprint density at radius 1 is 1.31 bits per heavy atom. The van der Waals surface area contributed by atoms with Crippen LogP contribution in [-0.4, -0.2) is 37.2 Å². The van der Waals surface area contributed by atoms with Crippen LogP contribution in [0, 0.1) is 17.8 Å². The van der Waals surface area contributed by atoms with Gasteiger partial charge in [-0.05, 0) is 37.0 Å². The Kier molecular flexibility index (Phi) is 4.26. The zero-order valence-corrected chi connectivity index (χ0v) is 11.1. The third-order valence-electron chi connectivity index (χ3n) is 3.98. The number of hydrogen-bond acceptors (Lipinski definition) is 2. The Morgan fingerprint density at radius 2 is 2.06 bits per heavy atom. The van der Waals surface area contributed by atoms with Crippen LogP contribution in [0.2, 0.25) is 0 Å². The molecule has 1 unspecified atom stereocenters. The van der Waals surface area contributed by atoms with Crippen LogP contribution >= 0.6 is 0 Å². The highest BCUT2D eigenvalue weighted by Crippen LogP contribution is 2.32. The molecule has 2 fully saturated rings. The third-order valence-corrected chi connectivity index (χ3v) is 3.98. The minimum absolute atomic E-state index is 0.790. The van der Waals surface area contributed by atoms with Crippen molar-refractivity contribution in [2.45, 2.75) is 46.1 Å². The maximum absolute atomic E-state index is 5.49. The molecule has 2 rings (SSSR count). The second-order valence-corrected chi connectivity index (χ2v) is 6.31. The van der Waals surface area contributed by atoms with Gasteiger partial charge in [0.15, 0.2) is 0 Å². The van der Waals surface area contributed by atoms with Gasteiger partial charge in [0, 0.05) is 25.7 Å². The SMILES string of the molecule is CC(C)CN(CC1CCOC1)[C@H]1C[C@H](C)C1. The molecule has 2 heteroatoms. The fourth-order valence-corrected chi connectivity index (χ4v) is 3.06. The molecule has 1 saturated carbocycles. The van der Waals surface area contributed by atoms with Crippen molar-refractivity contribution in [2.75, 3.05) is 26.3 Å². The highest BCUT2D eigenvalue weighted by atomic mass is 16.5. The fourth-order valence-electron chi connectivity index (χ4n) is 3.06. The molecular weight excluding hydrogens is 198 g/mol. The molecule has 0 N–H and O–H groups in total. The van der Waals surface area contributed by atoms with Crippen LogP contribution in [0.3, 0.4) is 0 Å². The molecule has 0 radical (unpaired) electrons. The van der Waals surface area contributed by atoms with E-state index in [1.165, 1.54) is 32.4 Å². The third kappa shape index (κ3) is 3.21. The number of hydrogen-bond donors (Lipinski definition) is 0. The summed E-state index contributed by atoms with van der Waals surface area (Å²) in [6.45, 7) is 11.6. The number of nitrogens with zero attached hydrogens (tertiary/aromatic N) is 1. The summed E-state index contributed by atoms with van der Waals surface area (Å²) < 4.78 is 5.49. The molecule has 2 nitrogen and oxygen atoms in total. The van der Waals surface area contributed by atoms with E-state index in [1.807, 2.05) is 0 Å². The van der Waals surface area contributed by atoms with Gasteiger partial charge in [-0.1, -0.05) is 20.8 Å². The largest absolute Gasteiger partial charge is 0.381 e. The summed E-state index contributed by atoms with van der Waals surface area (Å²) in [7, 11) is 0. The van der Waals surface area contributed by atoms with Gasteiger partial charge in [-0.2, -0.15) is 0 Å². The van der Waals surface area contributed by atoms with Gasteiger partial charge < -0.3 is 4.74 Å². The Hall–Kier alpha value is -0.0800. The molecule has 0 aromatic rings. The van der Waals surface area contributed by atoms with E-state index in [0.29, 0.717) is 0 Å². The molecular formula is C14H27NO. The summed E-state index contributed by atoms with van der Waals surface area (Å²) in [6.07, 6.45) is 4.11. The molecule has 0 bridgehead atoms. The average molecular weight is 225 g/mol. The minimum atomic E-state index is 0.790. The van der Waals surface area contributed by atoms with Gasteiger partial charge in [-0.25, -0.2) is 0 Å². The van der Waals surface area contributed by atoms with Gasteiger partial charge in [0.2, 0.25) is 0 Å². The maximum atomic E-state index is 5.49.